The minimum atomic E-state index is 0.107. The Labute approximate surface area is 142 Å². The molecule has 0 heterocycles. The van der Waals surface area contributed by atoms with Crippen LogP contribution in [0.2, 0.25) is 0 Å². The second-order valence-electron chi connectivity index (χ2n) is 6.46. The van der Waals surface area contributed by atoms with Gasteiger partial charge < -0.3 is 0 Å². The zero-order valence-electron chi connectivity index (χ0n) is 13.3. The summed E-state index contributed by atoms with van der Waals surface area (Å²) in [6.07, 6.45) is 1.17. The molecule has 4 rings (SSSR count). The Morgan fingerprint density at radius 1 is 0.652 bits per heavy atom. The first-order valence-corrected chi connectivity index (χ1v) is 8.91. The van der Waals surface area contributed by atoms with E-state index in [1.807, 2.05) is 11.8 Å². The van der Waals surface area contributed by atoms with E-state index < -0.39 is 0 Å². The molecule has 1 aliphatic rings. The van der Waals surface area contributed by atoms with Crippen LogP contribution in [0.4, 0.5) is 0 Å². The summed E-state index contributed by atoms with van der Waals surface area (Å²) in [7, 11) is 0. The van der Waals surface area contributed by atoms with E-state index >= 15 is 0 Å². The summed E-state index contributed by atoms with van der Waals surface area (Å²) < 4.78 is 0.192. The number of thioether (sulfide) groups is 1. The van der Waals surface area contributed by atoms with Gasteiger partial charge in [-0.25, -0.2) is 0 Å². The monoisotopic (exact) mass is 316 g/mol. The lowest BCUT2D eigenvalue weighted by Crippen LogP contribution is -2.20. The molecule has 3 aromatic rings. The van der Waals surface area contributed by atoms with Crippen LogP contribution in [-0.4, -0.2) is 4.75 Å². The van der Waals surface area contributed by atoms with Crippen molar-refractivity contribution < 1.29 is 0 Å². The molecule has 0 aliphatic heterocycles. The summed E-state index contributed by atoms with van der Waals surface area (Å²) in [6, 6.07) is 32.7. The van der Waals surface area contributed by atoms with Crippen LogP contribution < -0.4 is 0 Å². The van der Waals surface area contributed by atoms with Gasteiger partial charge in [0.25, 0.3) is 0 Å². The molecule has 0 saturated heterocycles. The maximum absolute atomic E-state index is 2.41. The van der Waals surface area contributed by atoms with Crippen molar-refractivity contribution in [2.45, 2.75) is 28.4 Å². The van der Waals surface area contributed by atoms with Crippen molar-refractivity contribution in [1.82, 2.24) is 0 Å². The van der Waals surface area contributed by atoms with Gasteiger partial charge in [-0.3, -0.25) is 0 Å². The van der Waals surface area contributed by atoms with Crippen molar-refractivity contribution in [3.63, 3.8) is 0 Å². The summed E-state index contributed by atoms with van der Waals surface area (Å²) in [4.78, 5) is 1.35. The highest BCUT2D eigenvalue weighted by Crippen LogP contribution is 2.69. The maximum atomic E-state index is 2.41. The molecule has 0 spiro atoms. The van der Waals surface area contributed by atoms with E-state index in [-0.39, 0.29) is 10.2 Å². The number of rotatable bonds is 4. The summed E-state index contributed by atoms with van der Waals surface area (Å²) in [5.41, 5.74) is 2.96. The Morgan fingerprint density at radius 2 is 1.09 bits per heavy atom. The molecule has 1 atom stereocenters. The van der Waals surface area contributed by atoms with Crippen LogP contribution in [0.5, 0.6) is 0 Å². The molecule has 1 fully saturated rings. The largest absolute Gasteiger partial charge is 0.118 e. The molecule has 0 bridgehead atoms. The van der Waals surface area contributed by atoms with Gasteiger partial charge >= 0.3 is 0 Å². The fourth-order valence-corrected chi connectivity index (χ4v) is 5.27. The van der Waals surface area contributed by atoms with Crippen molar-refractivity contribution in [3.8, 4) is 0 Å². The standard InChI is InChI=1S/C22H20S/c1-21(23-20-15-9-4-10-16-20)17-22(21,18-11-5-2-6-12-18)19-13-7-3-8-14-19/h2-16H,17H2,1H3. The van der Waals surface area contributed by atoms with Crippen molar-refractivity contribution in [2.75, 3.05) is 0 Å². The highest BCUT2D eigenvalue weighted by molar-refractivity contribution is 8.01. The summed E-state index contributed by atoms with van der Waals surface area (Å²) in [6.45, 7) is 2.41. The molecule has 1 heteroatoms. The molecule has 3 aromatic carbocycles. The minimum absolute atomic E-state index is 0.107. The van der Waals surface area contributed by atoms with Gasteiger partial charge in [-0.15, -0.1) is 11.8 Å². The molecule has 114 valence electrons. The zero-order chi connectivity index (χ0) is 15.8. The van der Waals surface area contributed by atoms with Gasteiger partial charge in [0.05, 0.1) is 0 Å². The van der Waals surface area contributed by atoms with Crippen LogP contribution in [0.3, 0.4) is 0 Å². The predicted molar refractivity (Wildman–Crippen MR) is 99.0 cm³/mol. The normalized spacial score (nSPS) is 21.8. The minimum Gasteiger partial charge on any atom is -0.118 e. The van der Waals surface area contributed by atoms with Gasteiger partial charge in [0.15, 0.2) is 0 Å². The van der Waals surface area contributed by atoms with Crippen LogP contribution in [0.1, 0.15) is 24.5 Å². The highest BCUT2D eigenvalue weighted by atomic mass is 32.2. The van der Waals surface area contributed by atoms with Crippen LogP contribution in [0, 0.1) is 0 Å². The average Bonchev–Trinajstić information content (AvgIpc) is 3.24. The molecule has 0 radical (unpaired) electrons. The van der Waals surface area contributed by atoms with E-state index in [1.54, 1.807) is 0 Å². The van der Waals surface area contributed by atoms with E-state index in [0.29, 0.717) is 0 Å². The topological polar surface area (TPSA) is 0 Å². The molecule has 0 aromatic heterocycles. The van der Waals surface area contributed by atoms with E-state index in [2.05, 4.69) is 97.9 Å². The number of hydrogen-bond acceptors (Lipinski definition) is 1. The Bertz CT molecular complexity index is 740. The Morgan fingerprint density at radius 3 is 1.57 bits per heavy atom. The lowest BCUT2D eigenvalue weighted by Gasteiger charge is -2.24. The Balaban J connectivity index is 1.78. The van der Waals surface area contributed by atoms with Crippen LogP contribution in [-0.2, 0) is 5.41 Å². The van der Waals surface area contributed by atoms with E-state index in [1.165, 1.54) is 22.4 Å². The fraction of sp³-hybridized carbons (Fsp3) is 0.182. The summed E-state index contributed by atoms with van der Waals surface area (Å²) in [5.74, 6) is 0. The van der Waals surface area contributed by atoms with E-state index in [0.717, 1.165) is 0 Å². The first-order chi connectivity index (χ1) is 11.2. The molecule has 1 saturated carbocycles. The summed E-state index contributed by atoms with van der Waals surface area (Å²) >= 11 is 2.01. The zero-order valence-corrected chi connectivity index (χ0v) is 14.1. The first kappa shape index (κ1) is 14.6. The molecule has 0 N–H and O–H groups in total. The SMILES string of the molecule is CC1(Sc2ccccc2)CC1(c1ccccc1)c1ccccc1. The number of benzene rings is 3. The third-order valence-electron chi connectivity index (χ3n) is 5.00. The smallest absolute Gasteiger partial charge is 0.0364 e. The van der Waals surface area contributed by atoms with Crippen LogP contribution in [0.25, 0.3) is 0 Å². The maximum Gasteiger partial charge on any atom is 0.0364 e. The Hall–Kier alpha value is -1.99. The molecule has 0 nitrogen and oxygen atoms in total. The predicted octanol–water partition coefficient (Wildman–Crippen LogP) is 5.93. The van der Waals surface area contributed by atoms with Gasteiger partial charge in [-0.1, -0.05) is 78.9 Å². The van der Waals surface area contributed by atoms with Gasteiger partial charge in [-0.05, 0) is 36.6 Å². The van der Waals surface area contributed by atoms with Gasteiger partial charge in [0.2, 0.25) is 0 Å². The van der Waals surface area contributed by atoms with Crippen molar-refractivity contribution >= 4 is 11.8 Å². The molecule has 0 amide bonds. The third-order valence-corrected chi connectivity index (χ3v) is 6.45. The average molecular weight is 316 g/mol. The van der Waals surface area contributed by atoms with Crippen molar-refractivity contribution in [2.24, 2.45) is 0 Å². The molecular weight excluding hydrogens is 296 g/mol. The van der Waals surface area contributed by atoms with Gasteiger partial charge in [0.1, 0.15) is 0 Å². The molecule has 1 unspecified atom stereocenters. The van der Waals surface area contributed by atoms with Crippen LogP contribution in [0.15, 0.2) is 95.9 Å². The van der Waals surface area contributed by atoms with E-state index in [9.17, 15) is 0 Å². The summed E-state index contributed by atoms with van der Waals surface area (Å²) in [5, 5.41) is 0. The highest BCUT2D eigenvalue weighted by Gasteiger charge is 2.66. The molecule has 1 aliphatic carbocycles. The van der Waals surface area contributed by atoms with Gasteiger partial charge in [-0.2, -0.15) is 0 Å². The fourth-order valence-electron chi connectivity index (χ4n) is 3.76. The van der Waals surface area contributed by atoms with Crippen LogP contribution >= 0.6 is 11.8 Å². The first-order valence-electron chi connectivity index (χ1n) is 8.10. The second-order valence-corrected chi connectivity index (χ2v) is 8.04. The second kappa shape index (κ2) is 5.58. The van der Waals surface area contributed by atoms with Crippen molar-refractivity contribution in [3.05, 3.63) is 102 Å². The quantitative estimate of drug-likeness (QED) is 0.575. The molecular formula is C22H20S. The lowest BCUT2D eigenvalue weighted by atomic mass is 9.86. The lowest BCUT2D eigenvalue weighted by molar-refractivity contribution is 0.780. The molecule has 23 heavy (non-hydrogen) atoms. The number of hydrogen-bond donors (Lipinski definition) is 0. The van der Waals surface area contributed by atoms with Gasteiger partial charge in [0, 0.05) is 15.1 Å². The Kier molecular flexibility index (Phi) is 3.54. The van der Waals surface area contributed by atoms with E-state index in [4.69, 9.17) is 0 Å². The van der Waals surface area contributed by atoms with Crippen molar-refractivity contribution in [1.29, 1.82) is 0 Å². The third kappa shape index (κ3) is 2.40.